The minimum atomic E-state index is -0.843. The summed E-state index contributed by atoms with van der Waals surface area (Å²) >= 11 is 0. The van der Waals surface area contributed by atoms with Crippen molar-refractivity contribution >= 4 is 0 Å². The summed E-state index contributed by atoms with van der Waals surface area (Å²) < 4.78 is 11.1. The Balaban J connectivity index is 2.75. The Morgan fingerprint density at radius 2 is 2.33 bits per heavy atom. The number of aliphatic hydroxyl groups is 1. The molecule has 0 rings (SSSR count). The predicted octanol–water partition coefficient (Wildman–Crippen LogP) is 0.541. The van der Waals surface area contributed by atoms with Crippen molar-refractivity contribution < 1.29 is 9.50 Å². The average molecular weight is 91.1 g/mol. The van der Waals surface area contributed by atoms with E-state index < -0.39 is 12.8 Å². The van der Waals surface area contributed by atoms with Gasteiger partial charge < -0.3 is 5.11 Å². The van der Waals surface area contributed by atoms with E-state index in [2.05, 4.69) is 6.92 Å². The fourth-order valence-electron chi connectivity index (χ4n) is 0.0772. The smallest absolute Gasteiger partial charge is 0.115 e. The Morgan fingerprint density at radius 3 is 2.33 bits per heavy atom. The Morgan fingerprint density at radius 1 is 1.83 bits per heavy atom. The van der Waals surface area contributed by atoms with Crippen LogP contribution in [0.2, 0.25) is 0 Å². The molecule has 6 heavy (non-hydrogen) atoms. The van der Waals surface area contributed by atoms with Crippen molar-refractivity contribution in [2.75, 3.05) is 6.67 Å². The zero-order chi connectivity index (χ0) is 4.99. The average Bonchev–Trinajstić information content (AvgIpc) is 1.65. The maximum atomic E-state index is 11.1. The van der Waals surface area contributed by atoms with Gasteiger partial charge in [-0.05, 0) is 6.42 Å². The molecule has 0 aliphatic rings. The van der Waals surface area contributed by atoms with Crippen LogP contribution >= 0.6 is 0 Å². The van der Waals surface area contributed by atoms with E-state index in [1.54, 1.807) is 0 Å². The highest BCUT2D eigenvalue weighted by Gasteiger charge is 1.94. The van der Waals surface area contributed by atoms with E-state index in [9.17, 15) is 4.39 Å². The van der Waals surface area contributed by atoms with Gasteiger partial charge in [-0.15, -0.1) is 0 Å². The van der Waals surface area contributed by atoms with Gasteiger partial charge in [0.2, 0.25) is 0 Å². The van der Waals surface area contributed by atoms with Gasteiger partial charge >= 0.3 is 0 Å². The van der Waals surface area contributed by atoms with Gasteiger partial charge in [0.05, 0.1) is 6.10 Å². The summed E-state index contributed by atoms with van der Waals surface area (Å²) in [4.78, 5) is 0. The van der Waals surface area contributed by atoms with E-state index >= 15 is 0 Å². The zero-order valence-corrected chi connectivity index (χ0v) is 3.52. The highest BCUT2D eigenvalue weighted by molar-refractivity contribution is 4.51. The molecule has 0 aliphatic heterocycles. The molecule has 2 heteroatoms. The Labute approximate surface area is 36.8 Å². The number of rotatable bonds is 2. The van der Waals surface area contributed by atoms with Crippen molar-refractivity contribution in [2.24, 2.45) is 0 Å². The molecule has 0 saturated heterocycles. The van der Waals surface area contributed by atoms with Crippen molar-refractivity contribution in [3.63, 3.8) is 0 Å². The van der Waals surface area contributed by atoms with Gasteiger partial charge in [0.15, 0.2) is 0 Å². The third-order valence-corrected chi connectivity index (χ3v) is 0.511. The van der Waals surface area contributed by atoms with E-state index in [-0.39, 0.29) is 6.42 Å². The van der Waals surface area contributed by atoms with Crippen molar-refractivity contribution in [1.82, 2.24) is 0 Å². The molecular weight excluding hydrogens is 83.0 g/mol. The normalized spacial score (nSPS) is 14.5. The van der Waals surface area contributed by atoms with E-state index in [0.717, 1.165) is 0 Å². The topological polar surface area (TPSA) is 20.2 Å². The van der Waals surface area contributed by atoms with Crippen LogP contribution in [-0.4, -0.2) is 17.9 Å². The first-order valence-corrected chi connectivity index (χ1v) is 1.84. The van der Waals surface area contributed by atoms with Crippen LogP contribution in [0.3, 0.4) is 0 Å². The molecule has 0 saturated carbocycles. The molecular formula is C4H8FO. The molecule has 0 bridgehead atoms. The maximum Gasteiger partial charge on any atom is 0.115 e. The highest BCUT2D eigenvalue weighted by Crippen LogP contribution is 1.86. The summed E-state index contributed by atoms with van der Waals surface area (Å²) in [5.41, 5.74) is 0. The van der Waals surface area contributed by atoms with Crippen LogP contribution in [0.4, 0.5) is 4.39 Å². The zero-order valence-electron chi connectivity index (χ0n) is 3.52. The highest BCUT2D eigenvalue weighted by atomic mass is 19.1. The fraction of sp³-hybridized carbons (Fsp3) is 0.750. The van der Waals surface area contributed by atoms with Gasteiger partial charge in [0, 0.05) is 0 Å². The van der Waals surface area contributed by atoms with Crippen LogP contribution in [0, 0.1) is 6.92 Å². The number of hydrogen-bond donors (Lipinski definition) is 1. The van der Waals surface area contributed by atoms with Crippen molar-refractivity contribution in [3.05, 3.63) is 6.92 Å². The Hall–Kier alpha value is -0.110. The summed E-state index contributed by atoms with van der Waals surface area (Å²) in [6.45, 7) is 2.59. The second-order valence-electron chi connectivity index (χ2n) is 1.10. The van der Waals surface area contributed by atoms with Gasteiger partial charge in [0.25, 0.3) is 0 Å². The van der Waals surface area contributed by atoms with E-state index in [0.29, 0.717) is 0 Å². The Bertz CT molecular complexity index is 26.7. The molecule has 0 fully saturated rings. The number of halogens is 1. The van der Waals surface area contributed by atoms with Crippen LogP contribution in [0.15, 0.2) is 0 Å². The number of aliphatic hydroxyl groups excluding tert-OH is 1. The molecule has 0 spiro atoms. The summed E-state index contributed by atoms with van der Waals surface area (Å²) in [7, 11) is 0. The van der Waals surface area contributed by atoms with Crippen LogP contribution in [-0.2, 0) is 0 Å². The van der Waals surface area contributed by atoms with Crippen molar-refractivity contribution in [3.8, 4) is 0 Å². The predicted molar refractivity (Wildman–Crippen MR) is 22.0 cm³/mol. The van der Waals surface area contributed by atoms with Gasteiger partial charge in [-0.3, -0.25) is 0 Å². The minimum Gasteiger partial charge on any atom is -0.390 e. The molecule has 0 heterocycles. The third-order valence-electron chi connectivity index (χ3n) is 0.511. The van der Waals surface area contributed by atoms with Crippen molar-refractivity contribution in [1.29, 1.82) is 0 Å². The minimum absolute atomic E-state index is 0.260. The lowest BCUT2D eigenvalue weighted by Crippen LogP contribution is -2.05. The molecule has 0 aliphatic carbocycles. The third kappa shape index (κ3) is 2.15. The molecule has 37 valence electrons. The molecule has 1 radical (unpaired) electrons. The number of hydrogen-bond acceptors (Lipinski definition) is 1. The van der Waals surface area contributed by atoms with Crippen LogP contribution in [0.1, 0.15) is 6.42 Å². The van der Waals surface area contributed by atoms with E-state index in [1.165, 1.54) is 0 Å². The maximum absolute atomic E-state index is 11.1. The lowest BCUT2D eigenvalue weighted by atomic mass is 10.3. The molecule has 0 aromatic carbocycles. The second kappa shape index (κ2) is 3.09. The first-order chi connectivity index (χ1) is 2.81. The molecule has 1 atom stereocenters. The van der Waals surface area contributed by atoms with Crippen LogP contribution in [0.5, 0.6) is 0 Å². The summed E-state index contributed by atoms with van der Waals surface area (Å²) in [6.07, 6.45) is -0.582. The summed E-state index contributed by atoms with van der Waals surface area (Å²) in [5, 5.41) is 8.23. The summed E-state index contributed by atoms with van der Waals surface area (Å²) in [6, 6.07) is 0. The molecule has 0 aromatic heterocycles. The Kier molecular flexibility index (Phi) is 3.04. The van der Waals surface area contributed by atoms with Crippen LogP contribution < -0.4 is 0 Å². The fourth-order valence-corrected chi connectivity index (χ4v) is 0.0772. The second-order valence-corrected chi connectivity index (χ2v) is 1.10. The van der Waals surface area contributed by atoms with E-state index in [1.807, 2.05) is 0 Å². The molecule has 1 N–H and O–H groups in total. The molecule has 1 unspecified atom stereocenters. The van der Waals surface area contributed by atoms with Crippen LogP contribution in [0.25, 0.3) is 0 Å². The van der Waals surface area contributed by atoms with E-state index in [4.69, 9.17) is 5.11 Å². The largest absolute Gasteiger partial charge is 0.390 e. The quantitative estimate of drug-likeness (QED) is 0.526. The lowest BCUT2D eigenvalue weighted by Gasteiger charge is -1.95. The molecule has 0 amide bonds. The molecule has 1 nitrogen and oxygen atoms in total. The van der Waals surface area contributed by atoms with Crippen molar-refractivity contribution in [2.45, 2.75) is 12.5 Å². The number of alkyl halides is 1. The molecule has 0 aromatic rings. The van der Waals surface area contributed by atoms with Gasteiger partial charge in [-0.2, -0.15) is 0 Å². The first kappa shape index (κ1) is 5.89. The first-order valence-electron chi connectivity index (χ1n) is 1.84. The monoisotopic (exact) mass is 91.1 g/mol. The summed E-state index contributed by atoms with van der Waals surface area (Å²) in [5.74, 6) is 0. The SMILES string of the molecule is [CH2]CC(O)CF. The standard InChI is InChI=1S/C4H8FO/c1-2-4(6)3-5/h4,6H,1-3H2. The van der Waals surface area contributed by atoms with Gasteiger partial charge in [-0.1, -0.05) is 6.92 Å². The lowest BCUT2D eigenvalue weighted by molar-refractivity contribution is 0.142. The van der Waals surface area contributed by atoms with Gasteiger partial charge in [0.1, 0.15) is 6.67 Å². The van der Waals surface area contributed by atoms with Gasteiger partial charge in [-0.25, -0.2) is 4.39 Å².